The van der Waals surface area contributed by atoms with Gasteiger partial charge in [0.1, 0.15) is 28.6 Å². The molecule has 2 aliphatic rings. The second-order valence-electron chi connectivity index (χ2n) is 10.2. The third-order valence-electron chi connectivity index (χ3n) is 7.41. The average Bonchev–Trinajstić information content (AvgIpc) is 3.46. The summed E-state index contributed by atoms with van der Waals surface area (Å²) >= 11 is 7.15. The summed E-state index contributed by atoms with van der Waals surface area (Å²) < 4.78 is 74.3. The molecule has 1 atom stereocenters. The summed E-state index contributed by atoms with van der Waals surface area (Å²) in [6.45, 7) is 2.14. The molecule has 0 spiro atoms. The summed E-state index contributed by atoms with van der Waals surface area (Å²) in [5.41, 5.74) is 0.938. The van der Waals surface area contributed by atoms with Crippen LogP contribution in [0.15, 0.2) is 30.3 Å². The molecule has 14 heteroatoms. The smallest absolute Gasteiger partial charge is 0.421 e. The summed E-state index contributed by atoms with van der Waals surface area (Å²) in [5.74, 6) is -0.393. The van der Waals surface area contributed by atoms with Gasteiger partial charge in [0.05, 0.1) is 42.4 Å². The van der Waals surface area contributed by atoms with E-state index >= 15 is 0 Å². The molecule has 0 radical (unpaired) electrons. The molecular formula is C28H26ClF4N5O3S. The molecule has 1 fully saturated rings. The normalized spacial score (nSPS) is 17.2. The molecule has 222 valence electrons. The number of halogens is 5. The zero-order valence-electron chi connectivity index (χ0n) is 22.4. The lowest BCUT2D eigenvalue weighted by atomic mass is 10.0. The Morgan fingerprint density at radius 3 is 2.74 bits per heavy atom. The average molecular weight is 624 g/mol. The molecule has 0 aliphatic carbocycles. The lowest BCUT2D eigenvalue weighted by Crippen LogP contribution is -2.34. The van der Waals surface area contributed by atoms with Crippen LogP contribution in [0.25, 0.3) is 10.3 Å². The van der Waals surface area contributed by atoms with E-state index < -0.39 is 30.0 Å². The predicted molar refractivity (Wildman–Crippen MR) is 149 cm³/mol. The standard InChI is InChI=1S/C28H26ClF4N5O3S/c1-39-25(34)23-10-22-27(42-23)36-24(38(22)11-18-5-7-40-18)13-37-6-4-15-8-19(28(31,32)33)26(35-21(15)12-37)41-14-16-2-3-17(29)9-20(16)30/h2-3,8-10,18,34H,4-7,11-14H2,1H3/t18-/m0/s1. The van der Waals surface area contributed by atoms with E-state index in [9.17, 15) is 17.6 Å². The van der Waals surface area contributed by atoms with Crippen molar-refractivity contribution in [2.45, 2.75) is 51.4 Å². The number of imidazole rings is 1. The van der Waals surface area contributed by atoms with Crippen LogP contribution in [0.3, 0.4) is 0 Å². The molecule has 2 aliphatic heterocycles. The summed E-state index contributed by atoms with van der Waals surface area (Å²) in [4.78, 5) is 12.7. The number of alkyl halides is 3. The van der Waals surface area contributed by atoms with Gasteiger partial charge < -0.3 is 18.8 Å². The molecule has 4 aromatic rings. The third kappa shape index (κ3) is 5.83. The highest BCUT2D eigenvalue weighted by Gasteiger charge is 2.37. The van der Waals surface area contributed by atoms with Gasteiger partial charge in [-0.05, 0) is 42.7 Å². The summed E-state index contributed by atoms with van der Waals surface area (Å²) in [6, 6.07) is 6.87. The lowest BCUT2D eigenvalue weighted by Gasteiger charge is -2.30. The summed E-state index contributed by atoms with van der Waals surface area (Å²) in [6.07, 6.45) is -3.31. The minimum Gasteiger partial charge on any atom is -0.480 e. The molecule has 1 saturated heterocycles. The summed E-state index contributed by atoms with van der Waals surface area (Å²) in [7, 11) is 1.45. The number of hydrogen-bond acceptors (Lipinski definition) is 8. The fourth-order valence-corrected chi connectivity index (χ4v) is 6.20. The molecule has 1 N–H and O–H groups in total. The lowest BCUT2D eigenvalue weighted by molar-refractivity contribution is -0.139. The van der Waals surface area contributed by atoms with Gasteiger partial charge in [0, 0.05) is 30.3 Å². The zero-order chi connectivity index (χ0) is 29.6. The quantitative estimate of drug-likeness (QED) is 0.143. The van der Waals surface area contributed by atoms with Gasteiger partial charge in [0.2, 0.25) is 11.8 Å². The number of aromatic nitrogens is 3. The summed E-state index contributed by atoms with van der Waals surface area (Å²) in [5, 5.41) is 8.19. The van der Waals surface area contributed by atoms with Crippen molar-refractivity contribution >= 4 is 39.2 Å². The van der Waals surface area contributed by atoms with Gasteiger partial charge >= 0.3 is 6.18 Å². The first-order valence-corrected chi connectivity index (χ1v) is 14.4. The van der Waals surface area contributed by atoms with Crippen LogP contribution in [-0.4, -0.2) is 51.7 Å². The van der Waals surface area contributed by atoms with Gasteiger partial charge in [-0.25, -0.2) is 14.4 Å². The number of thiophene rings is 1. The highest BCUT2D eigenvalue weighted by atomic mass is 35.5. The first kappa shape index (κ1) is 28.8. The Hall–Kier alpha value is -3.26. The number of nitrogens with zero attached hydrogens (tertiary/aromatic N) is 4. The Bertz CT molecular complexity index is 1650. The number of hydrogen-bond donors (Lipinski definition) is 1. The van der Waals surface area contributed by atoms with Gasteiger partial charge in [-0.1, -0.05) is 17.7 Å². The number of nitrogens with one attached hydrogen (secondary N) is 1. The SMILES string of the molecule is COC(=N)c1cc2c(nc(CN3CCc4cc(C(F)(F)F)c(OCc5ccc(Cl)cc5F)nc4C3)n2C[C@@H]2CCO2)s1. The van der Waals surface area contributed by atoms with Gasteiger partial charge in [-0.2, -0.15) is 13.2 Å². The highest BCUT2D eigenvalue weighted by molar-refractivity contribution is 7.20. The Morgan fingerprint density at radius 1 is 1.24 bits per heavy atom. The maximum absolute atomic E-state index is 14.2. The fraction of sp³-hybridized carbons (Fsp3) is 0.393. The van der Waals surface area contributed by atoms with Gasteiger partial charge in [0.15, 0.2) is 0 Å². The third-order valence-corrected chi connectivity index (χ3v) is 8.66. The van der Waals surface area contributed by atoms with E-state index in [1.807, 2.05) is 6.07 Å². The van der Waals surface area contributed by atoms with E-state index in [0.717, 1.165) is 34.7 Å². The van der Waals surface area contributed by atoms with Crippen molar-refractivity contribution in [1.29, 1.82) is 5.41 Å². The van der Waals surface area contributed by atoms with Crippen LogP contribution in [0.2, 0.25) is 5.02 Å². The number of pyridine rings is 1. The first-order valence-electron chi connectivity index (χ1n) is 13.2. The Labute approximate surface area is 247 Å². The van der Waals surface area contributed by atoms with Crippen molar-refractivity contribution in [3.05, 3.63) is 74.3 Å². The molecule has 0 saturated carbocycles. The minimum atomic E-state index is -4.69. The number of rotatable bonds is 8. The van der Waals surface area contributed by atoms with E-state index in [1.165, 1.54) is 30.6 Å². The second kappa shape index (κ2) is 11.4. The molecule has 5 heterocycles. The van der Waals surface area contributed by atoms with Crippen LogP contribution < -0.4 is 4.74 Å². The maximum atomic E-state index is 14.2. The topological polar surface area (TPSA) is 85.5 Å². The second-order valence-corrected chi connectivity index (χ2v) is 11.7. The van der Waals surface area contributed by atoms with Crippen molar-refractivity contribution in [1.82, 2.24) is 19.4 Å². The Morgan fingerprint density at radius 2 is 2.05 bits per heavy atom. The van der Waals surface area contributed by atoms with Gasteiger partial charge in [-0.15, -0.1) is 11.3 Å². The minimum absolute atomic E-state index is 0.0692. The molecule has 0 bridgehead atoms. The zero-order valence-corrected chi connectivity index (χ0v) is 24.0. The highest BCUT2D eigenvalue weighted by Crippen LogP contribution is 2.38. The number of ether oxygens (including phenoxy) is 3. The predicted octanol–water partition coefficient (Wildman–Crippen LogP) is 6.20. The van der Waals surface area contributed by atoms with Crippen molar-refractivity contribution in [2.75, 3.05) is 20.3 Å². The molecule has 8 nitrogen and oxygen atoms in total. The van der Waals surface area contributed by atoms with Crippen LogP contribution in [0, 0.1) is 11.2 Å². The van der Waals surface area contributed by atoms with E-state index in [-0.39, 0.29) is 22.6 Å². The Balaban J connectivity index is 1.25. The van der Waals surface area contributed by atoms with E-state index in [4.69, 9.17) is 36.2 Å². The van der Waals surface area contributed by atoms with Crippen LogP contribution in [0.4, 0.5) is 17.6 Å². The molecule has 0 amide bonds. The molecule has 1 aromatic carbocycles. The van der Waals surface area contributed by atoms with E-state index in [2.05, 4.69) is 14.5 Å². The monoisotopic (exact) mass is 623 g/mol. The van der Waals surface area contributed by atoms with Crippen LogP contribution in [0.1, 0.15) is 39.5 Å². The molecule has 3 aromatic heterocycles. The van der Waals surface area contributed by atoms with Crippen LogP contribution in [-0.2, 0) is 48.3 Å². The van der Waals surface area contributed by atoms with Crippen LogP contribution >= 0.6 is 22.9 Å². The van der Waals surface area contributed by atoms with E-state index in [0.29, 0.717) is 55.3 Å². The van der Waals surface area contributed by atoms with Crippen molar-refractivity contribution in [3.8, 4) is 5.88 Å². The van der Waals surface area contributed by atoms with Crippen LogP contribution in [0.5, 0.6) is 5.88 Å². The maximum Gasteiger partial charge on any atom is 0.421 e. The van der Waals surface area contributed by atoms with Gasteiger partial charge in [0.25, 0.3) is 0 Å². The van der Waals surface area contributed by atoms with E-state index in [1.54, 1.807) is 0 Å². The Kier molecular flexibility index (Phi) is 7.85. The number of benzene rings is 1. The van der Waals surface area contributed by atoms with Gasteiger partial charge in [-0.3, -0.25) is 10.3 Å². The molecule has 0 unspecified atom stereocenters. The first-order chi connectivity index (χ1) is 20.1. The molecule has 42 heavy (non-hydrogen) atoms. The van der Waals surface area contributed by atoms with Crippen molar-refractivity contribution < 1.29 is 31.8 Å². The number of methoxy groups -OCH3 is 1. The van der Waals surface area contributed by atoms with Crippen molar-refractivity contribution in [3.63, 3.8) is 0 Å². The van der Waals surface area contributed by atoms with Crippen molar-refractivity contribution in [2.24, 2.45) is 0 Å². The number of fused-ring (bicyclic) bond motifs is 2. The molecule has 6 rings (SSSR count). The fourth-order valence-electron chi connectivity index (χ4n) is 5.06. The molecular weight excluding hydrogens is 598 g/mol. The largest absolute Gasteiger partial charge is 0.480 e.